The molecule has 2 atom stereocenters. The Kier molecular flexibility index (Phi) is 6.42. The Morgan fingerprint density at radius 2 is 1.93 bits per heavy atom. The number of rotatable bonds is 5. The van der Waals surface area contributed by atoms with Gasteiger partial charge < -0.3 is 5.11 Å². The number of aliphatic hydroxyl groups is 1. The van der Waals surface area contributed by atoms with E-state index < -0.39 is 18.1 Å². The van der Waals surface area contributed by atoms with Crippen molar-refractivity contribution in [1.29, 1.82) is 5.26 Å². The highest BCUT2D eigenvalue weighted by Gasteiger charge is 2.21. The lowest BCUT2D eigenvalue weighted by Gasteiger charge is -2.23. The molecule has 0 aliphatic rings. The smallest absolute Gasteiger partial charge is 0.142 e. The van der Waals surface area contributed by atoms with Gasteiger partial charge >= 0.3 is 0 Å². The highest BCUT2D eigenvalue weighted by Crippen LogP contribution is 2.28. The molecule has 2 aromatic carbocycles. The van der Waals surface area contributed by atoms with Gasteiger partial charge in [0.05, 0.1) is 28.4 Å². The number of nitrogens with zero attached hydrogens (tertiary/aromatic N) is 2. The van der Waals surface area contributed by atoms with Crippen LogP contribution < -0.4 is 5.32 Å². The van der Waals surface area contributed by atoms with Crippen molar-refractivity contribution < 1.29 is 9.50 Å². The molecule has 0 bridgehead atoms. The number of nitrogens with one attached hydrogen (secondary N) is 1. The monoisotopic (exact) mass is 459 g/mol. The summed E-state index contributed by atoms with van der Waals surface area (Å²) in [5, 5.41) is 22.9. The van der Waals surface area contributed by atoms with E-state index in [1.807, 2.05) is 0 Å². The molecule has 3 rings (SSSR count). The van der Waals surface area contributed by atoms with Crippen LogP contribution in [-0.2, 0) is 0 Å². The van der Waals surface area contributed by atoms with Crippen molar-refractivity contribution in [3.05, 3.63) is 98.0 Å². The molecule has 142 valence electrons. The van der Waals surface area contributed by atoms with Crippen molar-refractivity contribution in [2.75, 3.05) is 0 Å². The van der Waals surface area contributed by atoms with Gasteiger partial charge in [-0.3, -0.25) is 10.3 Å². The summed E-state index contributed by atoms with van der Waals surface area (Å²) < 4.78 is 14.9. The Bertz CT molecular complexity index is 1050. The Hall–Kier alpha value is -2.30. The average Bonchev–Trinajstić information content (AvgIpc) is 2.68. The first-order valence-corrected chi connectivity index (χ1v) is 9.57. The molecule has 0 saturated carbocycles. The van der Waals surface area contributed by atoms with Gasteiger partial charge in [0.1, 0.15) is 12.0 Å². The van der Waals surface area contributed by atoms with E-state index in [0.29, 0.717) is 22.4 Å². The second-order valence-electron chi connectivity index (χ2n) is 6.26. The van der Waals surface area contributed by atoms with Gasteiger partial charge in [-0.2, -0.15) is 5.26 Å². The van der Waals surface area contributed by atoms with E-state index in [1.165, 1.54) is 12.1 Å². The van der Waals surface area contributed by atoms with Gasteiger partial charge in [0.2, 0.25) is 0 Å². The number of nitriles is 1. The van der Waals surface area contributed by atoms with Crippen LogP contribution in [0.4, 0.5) is 4.39 Å². The van der Waals surface area contributed by atoms with Gasteiger partial charge in [0, 0.05) is 10.7 Å². The summed E-state index contributed by atoms with van der Waals surface area (Å²) in [7, 11) is 0. The first-order chi connectivity index (χ1) is 13.4. The number of aromatic nitrogens is 1. The third-order valence-corrected chi connectivity index (χ3v) is 5.13. The first kappa shape index (κ1) is 20.4. The Balaban J connectivity index is 1.98. The summed E-state index contributed by atoms with van der Waals surface area (Å²) in [6, 6.07) is 14.6. The minimum absolute atomic E-state index is 0.0213. The Morgan fingerprint density at radius 1 is 1.18 bits per heavy atom. The highest BCUT2D eigenvalue weighted by molar-refractivity contribution is 9.10. The maximum Gasteiger partial charge on any atom is 0.142 e. The fraction of sp³-hybridized carbons (Fsp3) is 0.143. The SMILES string of the molecule is Cc1cc(C(O)NC(c2ccc(Cl)c(F)c2)c2cc(Br)ccn2)ccc1C#N. The molecule has 28 heavy (non-hydrogen) atoms. The maximum absolute atomic E-state index is 14.0. The molecule has 7 heteroatoms. The lowest BCUT2D eigenvalue weighted by atomic mass is 10.0. The largest absolute Gasteiger partial charge is 0.374 e. The molecule has 1 heterocycles. The van der Waals surface area contributed by atoms with Crippen molar-refractivity contribution in [2.24, 2.45) is 0 Å². The summed E-state index contributed by atoms with van der Waals surface area (Å²) in [5.41, 5.74) is 3.06. The number of aryl methyl sites for hydroxylation is 1. The van der Waals surface area contributed by atoms with Crippen molar-refractivity contribution in [3.8, 4) is 6.07 Å². The maximum atomic E-state index is 14.0. The van der Waals surface area contributed by atoms with Gasteiger partial charge in [0.15, 0.2) is 0 Å². The quantitative estimate of drug-likeness (QED) is 0.514. The summed E-state index contributed by atoms with van der Waals surface area (Å²) in [4.78, 5) is 4.36. The zero-order chi connectivity index (χ0) is 20.3. The second kappa shape index (κ2) is 8.80. The van der Waals surface area contributed by atoms with E-state index in [0.717, 1.165) is 10.0 Å². The zero-order valence-electron chi connectivity index (χ0n) is 14.8. The average molecular weight is 461 g/mol. The van der Waals surface area contributed by atoms with Crippen LogP contribution in [-0.4, -0.2) is 10.1 Å². The molecular weight excluding hydrogens is 445 g/mol. The van der Waals surface area contributed by atoms with Crippen LogP contribution >= 0.6 is 27.5 Å². The van der Waals surface area contributed by atoms with Crippen LogP contribution in [0.15, 0.2) is 59.2 Å². The molecule has 0 spiro atoms. The van der Waals surface area contributed by atoms with Gasteiger partial charge in [-0.05, 0) is 53.9 Å². The van der Waals surface area contributed by atoms with Gasteiger partial charge in [-0.25, -0.2) is 4.39 Å². The molecule has 3 aromatic rings. The molecular formula is C21H16BrClFN3O. The lowest BCUT2D eigenvalue weighted by molar-refractivity contribution is 0.128. The Morgan fingerprint density at radius 3 is 2.57 bits per heavy atom. The fourth-order valence-electron chi connectivity index (χ4n) is 2.86. The minimum atomic E-state index is -1.06. The minimum Gasteiger partial charge on any atom is -0.374 e. The number of halogens is 3. The van der Waals surface area contributed by atoms with Gasteiger partial charge in [0.25, 0.3) is 0 Å². The summed E-state index contributed by atoms with van der Waals surface area (Å²) in [6.07, 6.45) is 0.564. The standard InChI is InChI=1S/C21H16BrClFN3O/c1-12-8-14(2-3-15(12)11-25)21(28)27-20(19-10-16(22)6-7-26-19)13-4-5-17(23)18(24)9-13/h2-10,20-21,27-28H,1H3. The molecule has 2 N–H and O–H groups in total. The van der Waals surface area contributed by atoms with Crippen LogP contribution in [0.5, 0.6) is 0 Å². The van der Waals surface area contributed by atoms with Crippen molar-refractivity contribution in [3.63, 3.8) is 0 Å². The van der Waals surface area contributed by atoms with E-state index in [1.54, 1.807) is 49.5 Å². The van der Waals surface area contributed by atoms with Crippen molar-refractivity contribution in [1.82, 2.24) is 10.3 Å². The van der Waals surface area contributed by atoms with Crippen LogP contribution in [0.25, 0.3) is 0 Å². The number of hydrogen-bond donors (Lipinski definition) is 2. The molecule has 0 saturated heterocycles. The van der Waals surface area contributed by atoms with E-state index >= 15 is 0 Å². The number of aliphatic hydroxyl groups excluding tert-OH is 1. The molecule has 4 nitrogen and oxygen atoms in total. The van der Waals surface area contributed by atoms with Crippen LogP contribution in [0.1, 0.15) is 40.2 Å². The molecule has 0 amide bonds. The third kappa shape index (κ3) is 4.57. The topological polar surface area (TPSA) is 68.9 Å². The zero-order valence-corrected chi connectivity index (χ0v) is 17.2. The first-order valence-electron chi connectivity index (χ1n) is 8.40. The number of pyridine rings is 1. The van der Waals surface area contributed by atoms with E-state index in [-0.39, 0.29) is 5.02 Å². The highest BCUT2D eigenvalue weighted by atomic mass is 79.9. The normalized spacial score (nSPS) is 13.0. The molecule has 2 unspecified atom stereocenters. The van der Waals surface area contributed by atoms with Gasteiger partial charge in [-0.1, -0.05) is 45.7 Å². The predicted molar refractivity (Wildman–Crippen MR) is 109 cm³/mol. The number of hydrogen-bond acceptors (Lipinski definition) is 4. The predicted octanol–water partition coefficient (Wildman–Crippen LogP) is 5.19. The van der Waals surface area contributed by atoms with E-state index in [2.05, 4.69) is 32.3 Å². The van der Waals surface area contributed by atoms with Crippen LogP contribution in [0.2, 0.25) is 5.02 Å². The van der Waals surface area contributed by atoms with Crippen LogP contribution in [0, 0.1) is 24.1 Å². The van der Waals surface area contributed by atoms with Crippen molar-refractivity contribution >= 4 is 27.5 Å². The summed E-state index contributed by atoms with van der Waals surface area (Å²) >= 11 is 9.22. The van der Waals surface area contributed by atoms with E-state index in [4.69, 9.17) is 16.9 Å². The van der Waals surface area contributed by atoms with Crippen molar-refractivity contribution in [2.45, 2.75) is 19.2 Å². The van der Waals surface area contributed by atoms with Crippen LogP contribution in [0.3, 0.4) is 0 Å². The summed E-state index contributed by atoms with van der Waals surface area (Å²) in [6.45, 7) is 1.80. The molecule has 0 radical (unpaired) electrons. The third-order valence-electron chi connectivity index (χ3n) is 4.33. The van der Waals surface area contributed by atoms with Gasteiger partial charge in [-0.15, -0.1) is 0 Å². The lowest BCUT2D eigenvalue weighted by Crippen LogP contribution is -2.28. The summed E-state index contributed by atoms with van der Waals surface area (Å²) in [5.74, 6) is -0.551. The molecule has 0 fully saturated rings. The van der Waals surface area contributed by atoms with E-state index in [9.17, 15) is 9.50 Å². The number of benzene rings is 2. The fourth-order valence-corrected chi connectivity index (χ4v) is 3.33. The molecule has 0 aliphatic heterocycles. The second-order valence-corrected chi connectivity index (χ2v) is 7.58. The molecule has 1 aromatic heterocycles. The Labute approximate surface area is 175 Å². The molecule has 0 aliphatic carbocycles.